The summed E-state index contributed by atoms with van der Waals surface area (Å²) in [5.74, 6) is -0.535. The zero-order valence-corrected chi connectivity index (χ0v) is 16.0. The van der Waals surface area contributed by atoms with Gasteiger partial charge < -0.3 is 10.2 Å². The van der Waals surface area contributed by atoms with E-state index in [1.165, 1.54) is 6.08 Å². The van der Waals surface area contributed by atoms with Gasteiger partial charge in [-0.25, -0.2) is 8.51 Å². The largest absolute Gasteiger partial charge is 0.343 e. The van der Waals surface area contributed by atoms with Gasteiger partial charge in [-0.1, -0.05) is 23.2 Å². The van der Waals surface area contributed by atoms with Gasteiger partial charge >= 0.3 is 0 Å². The van der Waals surface area contributed by atoms with E-state index in [9.17, 15) is 13.8 Å². The van der Waals surface area contributed by atoms with Gasteiger partial charge in [0.25, 0.3) is 0 Å². The molecule has 1 unspecified atom stereocenters. The summed E-state index contributed by atoms with van der Waals surface area (Å²) in [7, 11) is -1.02. The van der Waals surface area contributed by atoms with Crippen LogP contribution in [0.5, 0.6) is 0 Å². The number of benzene rings is 1. The first-order valence-corrected chi connectivity index (χ1v) is 9.90. The van der Waals surface area contributed by atoms with Crippen molar-refractivity contribution in [2.45, 2.75) is 0 Å². The molecule has 2 amide bonds. The van der Waals surface area contributed by atoms with Crippen LogP contribution in [0.1, 0.15) is 5.56 Å². The van der Waals surface area contributed by atoms with Crippen LogP contribution < -0.4 is 5.32 Å². The zero-order valence-electron chi connectivity index (χ0n) is 13.7. The first-order chi connectivity index (χ1) is 11.8. The second-order valence-corrected chi connectivity index (χ2v) is 7.72. The van der Waals surface area contributed by atoms with Gasteiger partial charge in [-0.05, 0) is 29.8 Å². The molecule has 1 aromatic carbocycles. The van der Waals surface area contributed by atoms with E-state index in [2.05, 4.69) is 5.32 Å². The Bertz CT molecular complexity index is 684. The summed E-state index contributed by atoms with van der Waals surface area (Å²) < 4.78 is 13.2. The molecule has 1 aliphatic rings. The van der Waals surface area contributed by atoms with Crippen molar-refractivity contribution in [3.63, 3.8) is 0 Å². The maximum absolute atomic E-state index is 12.1. The number of carbonyl (C=O) groups is 2. The first-order valence-electron chi connectivity index (χ1n) is 7.63. The summed E-state index contributed by atoms with van der Waals surface area (Å²) in [5, 5.41) is 3.52. The molecule has 1 aliphatic heterocycles. The highest BCUT2D eigenvalue weighted by Crippen LogP contribution is 2.19. The van der Waals surface area contributed by atoms with Crippen LogP contribution in [0.4, 0.5) is 0 Å². The second kappa shape index (κ2) is 9.33. The molecule has 0 aliphatic carbocycles. The fourth-order valence-electron chi connectivity index (χ4n) is 2.37. The van der Waals surface area contributed by atoms with Gasteiger partial charge in [0, 0.05) is 48.6 Å². The first kappa shape index (κ1) is 19.9. The highest BCUT2D eigenvalue weighted by molar-refractivity contribution is 7.81. The van der Waals surface area contributed by atoms with E-state index in [0.717, 1.165) is 0 Å². The third kappa shape index (κ3) is 6.43. The summed E-state index contributed by atoms with van der Waals surface area (Å²) in [5.41, 5.74) is 0.697. The van der Waals surface area contributed by atoms with Crippen molar-refractivity contribution in [1.82, 2.24) is 14.5 Å². The molecule has 0 spiro atoms. The summed E-state index contributed by atoms with van der Waals surface area (Å²) >= 11 is 11.8. The van der Waals surface area contributed by atoms with E-state index in [1.54, 1.807) is 39.7 Å². The molecule has 1 aromatic rings. The molecule has 9 heteroatoms. The van der Waals surface area contributed by atoms with Crippen LogP contribution >= 0.6 is 23.2 Å². The quantitative estimate of drug-likeness (QED) is 0.758. The molecule has 0 aromatic heterocycles. The van der Waals surface area contributed by atoms with Gasteiger partial charge in [0.05, 0.1) is 17.5 Å². The minimum Gasteiger partial charge on any atom is -0.343 e. The lowest BCUT2D eigenvalue weighted by Gasteiger charge is -2.33. The number of piperazine rings is 1. The highest BCUT2D eigenvalue weighted by atomic mass is 35.5. The van der Waals surface area contributed by atoms with Crippen LogP contribution in [0.2, 0.25) is 10.0 Å². The molecule has 1 heterocycles. The third-order valence-electron chi connectivity index (χ3n) is 3.68. The predicted octanol–water partition coefficient (Wildman–Crippen LogP) is 1.56. The van der Waals surface area contributed by atoms with Crippen LogP contribution in [-0.4, -0.2) is 64.2 Å². The Morgan fingerprint density at radius 2 is 1.76 bits per heavy atom. The van der Waals surface area contributed by atoms with Crippen molar-refractivity contribution in [2.24, 2.45) is 0 Å². The van der Waals surface area contributed by atoms with Gasteiger partial charge in [0.1, 0.15) is 0 Å². The number of nitrogens with zero attached hydrogens (tertiary/aromatic N) is 2. The Morgan fingerprint density at radius 1 is 1.16 bits per heavy atom. The molecular weight excluding hydrogens is 385 g/mol. The second-order valence-electron chi connectivity index (χ2n) is 5.49. The Balaban J connectivity index is 1.78. The molecule has 6 nitrogen and oxygen atoms in total. The minimum absolute atomic E-state index is 0.0747. The molecular formula is C16H19Cl2N3O3S. The van der Waals surface area contributed by atoms with Crippen molar-refractivity contribution in [3.8, 4) is 0 Å². The van der Waals surface area contributed by atoms with E-state index in [4.69, 9.17) is 23.2 Å². The van der Waals surface area contributed by atoms with E-state index >= 15 is 0 Å². The molecule has 0 bridgehead atoms. The van der Waals surface area contributed by atoms with Crippen LogP contribution in [0.25, 0.3) is 6.08 Å². The lowest BCUT2D eigenvalue weighted by atomic mass is 10.2. The van der Waals surface area contributed by atoms with E-state index < -0.39 is 11.0 Å². The highest BCUT2D eigenvalue weighted by Gasteiger charge is 2.22. The van der Waals surface area contributed by atoms with Crippen LogP contribution in [-0.2, 0) is 20.6 Å². The normalized spacial score (nSPS) is 16.8. The van der Waals surface area contributed by atoms with Gasteiger partial charge in [0.2, 0.25) is 11.8 Å². The van der Waals surface area contributed by atoms with Gasteiger partial charge in [0.15, 0.2) is 0 Å². The lowest BCUT2D eigenvalue weighted by Crippen LogP contribution is -2.51. The van der Waals surface area contributed by atoms with Crippen molar-refractivity contribution in [1.29, 1.82) is 0 Å². The molecule has 1 atom stereocenters. The van der Waals surface area contributed by atoms with E-state index in [0.29, 0.717) is 41.8 Å². The number of hydrogen-bond acceptors (Lipinski definition) is 3. The smallest absolute Gasteiger partial charge is 0.244 e. The molecule has 0 saturated carbocycles. The zero-order chi connectivity index (χ0) is 18.4. The maximum atomic E-state index is 12.1. The molecule has 1 fully saturated rings. The SMILES string of the molecule is CS(=O)N1CCN(C(=O)CNC(=O)/C=C/c2cc(Cl)cc(Cl)c2)CC1. The topological polar surface area (TPSA) is 69.7 Å². The van der Waals surface area contributed by atoms with Gasteiger partial charge in [-0.2, -0.15) is 0 Å². The summed E-state index contributed by atoms with van der Waals surface area (Å²) in [6.07, 6.45) is 4.53. The minimum atomic E-state index is -1.02. The van der Waals surface area contributed by atoms with Gasteiger partial charge in [-0.15, -0.1) is 0 Å². The molecule has 2 rings (SSSR count). The standard InChI is InChI=1S/C16H19Cl2N3O3S/c1-25(24)21-6-4-20(5-7-21)16(23)11-19-15(22)3-2-12-8-13(17)10-14(18)9-12/h2-3,8-10H,4-7,11H2,1H3,(H,19,22)/b3-2+. The number of rotatable bonds is 5. The summed E-state index contributed by atoms with van der Waals surface area (Å²) in [6, 6.07) is 4.96. The number of hydrogen-bond donors (Lipinski definition) is 1. The average Bonchev–Trinajstić information content (AvgIpc) is 2.57. The predicted molar refractivity (Wildman–Crippen MR) is 101 cm³/mol. The van der Waals surface area contributed by atoms with Gasteiger partial charge in [-0.3, -0.25) is 9.59 Å². The van der Waals surface area contributed by atoms with Crippen molar-refractivity contribution < 1.29 is 13.8 Å². The fourth-order valence-corrected chi connectivity index (χ4v) is 3.59. The van der Waals surface area contributed by atoms with Crippen LogP contribution in [0.3, 0.4) is 0 Å². The summed E-state index contributed by atoms with van der Waals surface area (Å²) in [4.78, 5) is 25.6. The fraction of sp³-hybridized carbons (Fsp3) is 0.375. The molecule has 1 N–H and O–H groups in total. The number of carbonyl (C=O) groups excluding carboxylic acids is 2. The maximum Gasteiger partial charge on any atom is 0.244 e. The van der Waals surface area contributed by atoms with Crippen molar-refractivity contribution in [3.05, 3.63) is 39.9 Å². The number of amides is 2. The number of halogens is 2. The van der Waals surface area contributed by atoms with Crippen molar-refractivity contribution in [2.75, 3.05) is 39.0 Å². The molecule has 136 valence electrons. The Morgan fingerprint density at radius 3 is 2.32 bits per heavy atom. The molecule has 0 radical (unpaired) electrons. The summed E-state index contributed by atoms with van der Waals surface area (Å²) in [6.45, 7) is 2.07. The Labute approximate surface area is 159 Å². The average molecular weight is 404 g/mol. The van der Waals surface area contributed by atoms with Crippen LogP contribution in [0, 0.1) is 0 Å². The third-order valence-corrected chi connectivity index (χ3v) is 5.21. The lowest BCUT2D eigenvalue weighted by molar-refractivity contribution is -0.133. The Kier molecular flexibility index (Phi) is 7.43. The van der Waals surface area contributed by atoms with E-state index in [-0.39, 0.29) is 18.4 Å². The number of nitrogens with one attached hydrogen (secondary N) is 1. The molecule has 25 heavy (non-hydrogen) atoms. The monoisotopic (exact) mass is 403 g/mol. The Hall–Kier alpha value is -1.41. The molecule has 1 saturated heterocycles. The van der Waals surface area contributed by atoms with Crippen molar-refractivity contribution >= 4 is 52.1 Å². The van der Waals surface area contributed by atoms with E-state index in [1.807, 2.05) is 0 Å². The van der Waals surface area contributed by atoms with Crippen LogP contribution in [0.15, 0.2) is 24.3 Å².